The molecule has 0 bridgehead atoms. The first-order chi connectivity index (χ1) is 11.3. The first kappa shape index (κ1) is 16.7. The normalized spacial score (nSPS) is 13.9. The van der Waals surface area contributed by atoms with Gasteiger partial charge in [0.1, 0.15) is 5.60 Å². The van der Waals surface area contributed by atoms with Crippen LogP contribution in [0.3, 0.4) is 0 Å². The van der Waals surface area contributed by atoms with Crippen molar-refractivity contribution >= 4 is 27.3 Å². The molecule has 0 fully saturated rings. The van der Waals surface area contributed by atoms with E-state index in [-0.39, 0.29) is 12.5 Å². The van der Waals surface area contributed by atoms with Crippen LogP contribution in [0.4, 0.5) is 0 Å². The van der Waals surface area contributed by atoms with Gasteiger partial charge in [0.25, 0.3) is 5.91 Å². The number of carbonyl (C=O) groups is 1. The number of thiophene rings is 1. The van der Waals surface area contributed by atoms with Gasteiger partial charge >= 0.3 is 0 Å². The summed E-state index contributed by atoms with van der Waals surface area (Å²) in [5, 5.41) is 19.0. The minimum Gasteiger partial charge on any atom is -0.383 e. The molecular weight excluding hydrogens is 322 g/mol. The highest BCUT2D eigenvalue weighted by Crippen LogP contribution is 2.32. The first-order valence-corrected chi connectivity index (χ1v) is 8.61. The van der Waals surface area contributed by atoms with Crippen LogP contribution in [0.25, 0.3) is 10.1 Å². The molecule has 0 saturated heterocycles. The van der Waals surface area contributed by atoms with Crippen molar-refractivity contribution in [3.63, 3.8) is 0 Å². The highest BCUT2D eigenvalue weighted by Gasteiger charge is 2.27. The largest absolute Gasteiger partial charge is 0.383 e. The van der Waals surface area contributed by atoms with Crippen LogP contribution in [0.2, 0.25) is 0 Å². The van der Waals surface area contributed by atoms with E-state index in [0.717, 1.165) is 20.7 Å². The number of aryl methyl sites for hydroxylation is 2. The third kappa shape index (κ3) is 2.95. The molecule has 2 heterocycles. The molecule has 2 aromatic heterocycles. The van der Waals surface area contributed by atoms with E-state index in [1.807, 2.05) is 51.2 Å². The lowest BCUT2D eigenvalue weighted by molar-refractivity contribution is 0.0557. The summed E-state index contributed by atoms with van der Waals surface area (Å²) in [6.45, 7) is 5.54. The molecule has 0 aliphatic heterocycles. The van der Waals surface area contributed by atoms with E-state index >= 15 is 0 Å². The zero-order valence-corrected chi connectivity index (χ0v) is 15.1. The molecule has 1 amide bonds. The molecule has 0 aliphatic carbocycles. The quantitative estimate of drug-likeness (QED) is 0.765. The molecule has 1 aromatic carbocycles. The third-order valence-electron chi connectivity index (χ3n) is 4.29. The van der Waals surface area contributed by atoms with Crippen LogP contribution >= 0.6 is 11.3 Å². The van der Waals surface area contributed by atoms with E-state index in [0.29, 0.717) is 11.3 Å². The number of hydrogen-bond acceptors (Lipinski definition) is 4. The molecule has 0 saturated carbocycles. The van der Waals surface area contributed by atoms with Crippen molar-refractivity contribution in [2.45, 2.75) is 26.4 Å². The van der Waals surface area contributed by atoms with Gasteiger partial charge in [-0.1, -0.05) is 18.2 Å². The maximum Gasteiger partial charge on any atom is 0.255 e. The Morgan fingerprint density at radius 2 is 2.08 bits per heavy atom. The Labute approximate surface area is 144 Å². The number of fused-ring (bicyclic) bond motifs is 1. The minimum atomic E-state index is -1.12. The molecule has 6 heteroatoms. The summed E-state index contributed by atoms with van der Waals surface area (Å²) >= 11 is 1.54. The van der Waals surface area contributed by atoms with Gasteiger partial charge in [0.15, 0.2) is 0 Å². The van der Waals surface area contributed by atoms with E-state index < -0.39 is 5.60 Å². The summed E-state index contributed by atoms with van der Waals surface area (Å²) in [5.74, 6) is -0.209. The Kier molecular flexibility index (Phi) is 4.19. The summed E-state index contributed by atoms with van der Waals surface area (Å²) in [6.07, 6.45) is 0. The molecule has 126 valence electrons. The molecule has 0 aliphatic rings. The Hall–Kier alpha value is -2.18. The van der Waals surface area contributed by atoms with Crippen molar-refractivity contribution in [3.05, 3.63) is 52.2 Å². The molecule has 2 N–H and O–H groups in total. The van der Waals surface area contributed by atoms with E-state index in [4.69, 9.17) is 0 Å². The lowest BCUT2D eigenvalue weighted by atomic mass is 10.0. The van der Waals surface area contributed by atoms with Crippen molar-refractivity contribution in [1.29, 1.82) is 0 Å². The highest BCUT2D eigenvalue weighted by atomic mass is 32.1. The molecular formula is C18H21N3O2S. The van der Waals surface area contributed by atoms with E-state index in [9.17, 15) is 9.90 Å². The maximum atomic E-state index is 12.5. The van der Waals surface area contributed by atoms with Gasteiger partial charge in [-0.2, -0.15) is 5.10 Å². The number of amides is 1. The summed E-state index contributed by atoms with van der Waals surface area (Å²) in [7, 11) is 1.81. The van der Waals surface area contributed by atoms with Gasteiger partial charge in [-0.05, 0) is 38.3 Å². The molecule has 5 nitrogen and oxygen atoms in total. The second-order valence-corrected chi connectivity index (χ2v) is 7.36. The molecule has 3 rings (SSSR count). The number of hydrogen-bond donors (Lipinski definition) is 2. The molecule has 1 atom stereocenters. The van der Waals surface area contributed by atoms with Crippen LogP contribution in [-0.2, 0) is 12.6 Å². The average molecular weight is 343 g/mol. The van der Waals surface area contributed by atoms with E-state index in [2.05, 4.69) is 10.4 Å². The standard InChI is InChI=1S/C18H21N3O2S/c1-11-16(12(2)21(4)20-11)17(22)19-10-18(3,23)15-9-13-7-5-6-8-14(13)24-15/h5-9,23H,10H2,1-4H3,(H,19,22). The zero-order valence-electron chi connectivity index (χ0n) is 14.3. The monoisotopic (exact) mass is 343 g/mol. The van der Waals surface area contributed by atoms with Crippen molar-refractivity contribution in [1.82, 2.24) is 15.1 Å². The second kappa shape index (κ2) is 6.03. The van der Waals surface area contributed by atoms with Crippen LogP contribution < -0.4 is 5.32 Å². The molecule has 1 unspecified atom stereocenters. The minimum absolute atomic E-state index is 0.145. The molecule has 3 aromatic rings. The predicted octanol–water partition coefficient (Wildman–Crippen LogP) is 2.89. The van der Waals surface area contributed by atoms with Crippen molar-refractivity contribution in [2.75, 3.05) is 6.54 Å². The Bertz CT molecular complexity index is 875. The van der Waals surface area contributed by atoms with Crippen LogP contribution in [0.15, 0.2) is 30.3 Å². The van der Waals surface area contributed by atoms with Crippen LogP contribution in [0.1, 0.15) is 33.5 Å². The van der Waals surface area contributed by atoms with Gasteiger partial charge in [-0.3, -0.25) is 9.48 Å². The van der Waals surface area contributed by atoms with Gasteiger partial charge in [0, 0.05) is 22.3 Å². The summed E-state index contributed by atoms with van der Waals surface area (Å²) < 4.78 is 2.81. The summed E-state index contributed by atoms with van der Waals surface area (Å²) in [6, 6.07) is 9.98. The first-order valence-electron chi connectivity index (χ1n) is 7.79. The second-order valence-electron chi connectivity index (χ2n) is 6.27. The topological polar surface area (TPSA) is 67.2 Å². The fourth-order valence-corrected chi connectivity index (χ4v) is 3.88. The Balaban J connectivity index is 1.78. The Morgan fingerprint density at radius 3 is 2.71 bits per heavy atom. The van der Waals surface area contributed by atoms with Gasteiger partial charge in [0.05, 0.1) is 17.8 Å². The highest BCUT2D eigenvalue weighted by molar-refractivity contribution is 7.19. The van der Waals surface area contributed by atoms with Crippen molar-refractivity contribution in [2.24, 2.45) is 7.05 Å². The number of rotatable bonds is 4. The molecule has 0 spiro atoms. The fraction of sp³-hybridized carbons (Fsp3) is 0.333. The zero-order chi connectivity index (χ0) is 17.5. The smallest absolute Gasteiger partial charge is 0.255 e. The number of carbonyl (C=O) groups excluding carboxylic acids is 1. The predicted molar refractivity (Wildman–Crippen MR) is 96.4 cm³/mol. The van der Waals surface area contributed by atoms with Crippen LogP contribution in [0.5, 0.6) is 0 Å². The summed E-state index contributed by atoms with van der Waals surface area (Å²) in [5.41, 5.74) is 0.953. The van der Waals surface area contributed by atoms with E-state index in [1.54, 1.807) is 22.9 Å². The average Bonchev–Trinajstić information content (AvgIpc) is 3.07. The number of aromatic nitrogens is 2. The lowest BCUT2D eigenvalue weighted by Crippen LogP contribution is -2.38. The number of nitrogens with zero attached hydrogens (tertiary/aromatic N) is 2. The third-order valence-corrected chi connectivity index (χ3v) is 5.65. The fourth-order valence-electron chi connectivity index (χ4n) is 2.78. The van der Waals surface area contributed by atoms with Crippen molar-refractivity contribution in [3.8, 4) is 0 Å². The SMILES string of the molecule is Cc1nn(C)c(C)c1C(=O)NCC(C)(O)c1cc2ccccc2s1. The number of nitrogens with one attached hydrogen (secondary N) is 1. The van der Waals surface area contributed by atoms with Gasteiger partial charge in [-0.25, -0.2) is 0 Å². The van der Waals surface area contributed by atoms with Crippen LogP contribution in [-0.4, -0.2) is 27.3 Å². The molecule has 24 heavy (non-hydrogen) atoms. The van der Waals surface area contributed by atoms with E-state index in [1.165, 1.54) is 0 Å². The van der Waals surface area contributed by atoms with Gasteiger partial charge in [0.2, 0.25) is 0 Å². The van der Waals surface area contributed by atoms with Gasteiger partial charge in [-0.15, -0.1) is 11.3 Å². The van der Waals surface area contributed by atoms with Crippen LogP contribution in [0, 0.1) is 13.8 Å². The Morgan fingerprint density at radius 1 is 1.38 bits per heavy atom. The summed E-state index contributed by atoms with van der Waals surface area (Å²) in [4.78, 5) is 13.3. The maximum absolute atomic E-state index is 12.5. The van der Waals surface area contributed by atoms with Crippen molar-refractivity contribution < 1.29 is 9.90 Å². The number of aliphatic hydroxyl groups is 1. The number of benzene rings is 1. The lowest BCUT2D eigenvalue weighted by Gasteiger charge is -2.22. The molecule has 0 radical (unpaired) electrons. The van der Waals surface area contributed by atoms with Gasteiger partial charge < -0.3 is 10.4 Å².